The lowest BCUT2D eigenvalue weighted by Gasteiger charge is -2.19. The van der Waals surface area contributed by atoms with E-state index in [1.165, 1.54) is 5.56 Å². The summed E-state index contributed by atoms with van der Waals surface area (Å²) in [5, 5.41) is 6.06. The normalized spacial score (nSPS) is 18.9. The number of hydrogen-bond donors (Lipinski definition) is 2. The molecular formula is C17H22N2O2. The maximum absolute atomic E-state index is 12.0. The molecule has 0 bridgehead atoms. The van der Waals surface area contributed by atoms with E-state index in [4.69, 9.17) is 0 Å². The van der Waals surface area contributed by atoms with Gasteiger partial charge in [-0.25, -0.2) is 0 Å². The maximum atomic E-state index is 12.0. The van der Waals surface area contributed by atoms with Crippen molar-refractivity contribution in [1.82, 2.24) is 10.6 Å². The summed E-state index contributed by atoms with van der Waals surface area (Å²) in [6, 6.07) is 10.1. The van der Waals surface area contributed by atoms with E-state index in [1.807, 2.05) is 18.2 Å². The summed E-state index contributed by atoms with van der Waals surface area (Å²) in [5.74, 6) is 0.675. The molecule has 21 heavy (non-hydrogen) atoms. The molecule has 112 valence electrons. The van der Waals surface area contributed by atoms with Gasteiger partial charge in [0.05, 0.1) is 6.04 Å². The van der Waals surface area contributed by atoms with Crippen molar-refractivity contribution in [2.24, 2.45) is 11.8 Å². The van der Waals surface area contributed by atoms with Gasteiger partial charge in [-0.3, -0.25) is 9.59 Å². The molecule has 0 aromatic heterocycles. The van der Waals surface area contributed by atoms with Crippen LogP contribution in [0.1, 0.15) is 31.2 Å². The molecular weight excluding hydrogens is 264 g/mol. The van der Waals surface area contributed by atoms with Gasteiger partial charge >= 0.3 is 0 Å². The quantitative estimate of drug-likeness (QED) is 0.801. The van der Waals surface area contributed by atoms with Crippen molar-refractivity contribution in [2.45, 2.75) is 38.1 Å². The highest BCUT2D eigenvalue weighted by Crippen LogP contribution is 2.29. The first-order valence-electron chi connectivity index (χ1n) is 7.84. The lowest BCUT2D eigenvalue weighted by Crippen LogP contribution is -2.45. The van der Waals surface area contributed by atoms with Gasteiger partial charge in [-0.05, 0) is 37.7 Å². The SMILES string of the molecule is O=C(NC[C@@H](Cc1ccccc1)NC(=O)C1CC1)C1CC1. The standard InChI is InChI=1S/C17H22N2O2/c20-16(13-6-7-13)18-11-15(19-17(21)14-8-9-14)10-12-4-2-1-3-5-12/h1-5,13-15H,6-11H2,(H,18,20)(H,19,21)/t15-/m1/s1. The van der Waals surface area contributed by atoms with Crippen LogP contribution >= 0.6 is 0 Å². The van der Waals surface area contributed by atoms with Crippen LogP contribution in [0.4, 0.5) is 0 Å². The molecule has 4 nitrogen and oxygen atoms in total. The molecule has 2 fully saturated rings. The highest BCUT2D eigenvalue weighted by molar-refractivity contribution is 5.82. The molecule has 1 aromatic carbocycles. The summed E-state index contributed by atoms with van der Waals surface area (Å²) in [6.45, 7) is 0.517. The van der Waals surface area contributed by atoms with Gasteiger partial charge in [-0.15, -0.1) is 0 Å². The summed E-state index contributed by atoms with van der Waals surface area (Å²) in [6.07, 6.45) is 4.76. The third-order valence-electron chi connectivity index (χ3n) is 4.09. The van der Waals surface area contributed by atoms with Crippen LogP contribution in [0.25, 0.3) is 0 Å². The van der Waals surface area contributed by atoms with Gasteiger partial charge in [-0.1, -0.05) is 30.3 Å². The Balaban J connectivity index is 1.55. The van der Waals surface area contributed by atoms with E-state index in [0.717, 1.165) is 32.1 Å². The Kier molecular flexibility index (Phi) is 4.23. The minimum Gasteiger partial charge on any atom is -0.354 e. The van der Waals surface area contributed by atoms with Crippen LogP contribution in [0.15, 0.2) is 30.3 Å². The van der Waals surface area contributed by atoms with Gasteiger partial charge in [0.1, 0.15) is 0 Å². The molecule has 0 saturated heterocycles. The van der Waals surface area contributed by atoms with Gasteiger partial charge in [0, 0.05) is 18.4 Å². The molecule has 2 aliphatic rings. The lowest BCUT2D eigenvalue weighted by atomic mass is 10.1. The zero-order valence-corrected chi connectivity index (χ0v) is 12.2. The van der Waals surface area contributed by atoms with Crippen LogP contribution in [0.5, 0.6) is 0 Å². The molecule has 3 rings (SSSR count). The molecule has 4 heteroatoms. The van der Waals surface area contributed by atoms with Crippen molar-refractivity contribution in [1.29, 1.82) is 0 Å². The fourth-order valence-electron chi connectivity index (χ4n) is 2.45. The number of benzene rings is 1. The van der Waals surface area contributed by atoms with Crippen molar-refractivity contribution in [3.63, 3.8) is 0 Å². The van der Waals surface area contributed by atoms with Gasteiger partial charge in [0.2, 0.25) is 11.8 Å². The Bertz CT molecular complexity index is 507. The molecule has 2 N–H and O–H groups in total. The Morgan fingerprint density at radius 1 is 1.00 bits per heavy atom. The average Bonchev–Trinajstić information content (AvgIpc) is 3.37. The predicted octanol–water partition coefficient (Wildman–Crippen LogP) is 1.65. The average molecular weight is 286 g/mol. The second-order valence-corrected chi connectivity index (χ2v) is 6.19. The number of rotatable bonds is 7. The molecule has 1 atom stereocenters. The lowest BCUT2D eigenvalue weighted by molar-refractivity contribution is -0.124. The highest BCUT2D eigenvalue weighted by Gasteiger charge is 2.32. The highest BCUT2D eigenvalue weighted by atomic mass is 16.2. The number of carbonyl (C=O) groups excluding carboxylic acids is 2. The van der Waals surface area contributed by atoms with Gasteiger partial charge in [0.25, 0.3) is 0 Å². The fraction of sp³-hybridized carbons (Fsp3) is 0.529. The van der Waals surface area contributed by atoms with E-state index >= 15 is 0 Å². The summed E-state index contributed by atoms with van der Waals surface area (Å²) >= 11 is 0. The molecule has 0 unspecified atom stereocenters. The smallest absolute Gasteiger partial charge is 0.223 e. The molecule has 2 amide bonds. The van der Waals surface area contributed by atoms with E-state index < -0.39 is 0 Å². The van der Waals surface area contributed by atoms with Crippen LogP contribution in [0.2, 0.25) is 0 Å². The second kappa shape index (κ2) is 6.29. The molecule has 2 aliphatic carbocycles. The van der Waals surface area contributed by atoms with E-state index in [0.29, 0.717) is 6.54 Å². The number of amides is 2. The molecule has 0 radical (unpaired) electrons. The molecule has 1 aromatic rings. The van der Waals surface area contributed by atoms with Crippen molar-refractivity contribution in [3.05, 3.63) is 35.9 Å². The molecule has 0 spiro atoms. The van der Waals surface area contributed by atoms with Crippen molar-refractivity contribution in [3.8, 4) is 0 Å². The summed E-state index contributed by atoms with van der Waals surface area (Å²) < 4.78 is 0. The van der Waals surface area contributed by atoms with Crippen LogP contribution in [0, 0.1) is 11.8 Å². The second-order valence-electron chi connectivity index (χ2n) is 6.19. The van der Waals surface area contributed by atoms with E-state index in [2.05, 4.69) is 22.8 Å². The van der Waals surface area contributed by atoms with Crippen molar-refractivity contribution in [2.75, 3.05) is 6.54 Å². The van der Waals surface area contributed by atoms with Gasteiger partial charge < -0.3 is 10.6 Å². The van der Waals surface area contributed by atoms with Gasteiger partial charge in [0.15, 0.2) is 0 Å². The first-order chi connectivity index (χ1) is 10.2. The third-order valence-corrected chi connectivity index (χ3v) is 4.09. The zero-order valence-electron chi connectivity index (χ0n) is 12.2. The molecule has 0 aliphatic heterocycles. The monoisotopic (exact) mass is 286 g/mol. The Labute approximate surface area is 125 Å². The molecule has 2 saturated carbocycles. The van der Waals surface area contributed by atoms with E-state index in [1.54, 1.807) is 0 Å². The summed E-state index contributed by atoms with van der Waals surface area (Å²) in [5.41, 5.74) is 1.18. The minimum atomic E-state index is -0.0248. The number of hydrogen-bond acceptors (Lipinski definition) is 2. The van der Waals surface area contributed by atoms with Crippen LogP contribution in [-0.4, -0.2) is 24.4 Å². The topological polar surface area (TPSA) is 58.2 Å². The van der Waals surface area contributed by atoms with E-state index in [9.17, 15) is 9.59 Å². The fourth-order valence-corrected chi connectivity index (χ4v) is 2.45. The zero-order chi connectivity index (χ0) is 14.7. The van der Waals surface area contributed by atoms with Crippen LogP contribution < -0.4 is 10.6 Å². The molecule has 0 heterocycles. The minimum absolute atomic E-state index is 0.0248. The van der Waals surface area contributed by atoms with Gasteiger partial charge in [-0.2, -0.15) is 0 Å². The van der Waals surface area contributed by atoms with Crippen molar-refractivity contribution >= 4 is 11.8 Å². The number of nitrogens with one attached hydrogen (secondary N) is 2. The largest absolute Gasteiger partial charge is 0.354 e. The van der Waals surface area contributed by atoms with Crippen LogP contribution in [-0.2, 0) is 16.0 Å². The Morgan fingerprint density at radius 3 is 2.24 bits per heavy atom. The maximum Gasteiger partial charge on any atom is 0.223 e. The Hall–Kier alpha value is -1.84. The predicted molar refractivity (Wildman–Crippen MR) is 80.5 cm³/mol. The first-order valence-corrected chi connectivity index (χ1v) is 7.84. The van der Waals surface area contributed by atoms with Crippen LogP contribution in [0.3, 0.4) is 0 Å². The Morgan fingerprint density at radius 2 is 1.62 bits per heavy atom. The third kappa shape index (κ3) is 4.31. The van der Waals surface area contributed by atoms with E-state index in [-0.39, 0.29) is 29.7 Å². The first kappa shape index (κ1) is 14.1. The number of carbonyl (C=O) groups is 2. The summed E-state index contributed by atoms with van der Waals surface area (Å²) in [4.78, 5) is 23.7. The van der Waals surface area contributed by atoms with Crippen molar-refractivity contribution < 1.29 is 9.59 Å². The summed E-state index contributed by atoms with van der Waals surface area (Å²) in [7, 11) is 0.